The normalized spacial score (nSPS) is 11.8. The van der Waals surface area contributed by atoms with Crippen molar-refractivity contribution in [1.82, 2.24) is 24.3 Å². The first-order valence-electron chi connectivity index (χ1n) is 10.3. The minimum atomic E-state index is -0.572. The van der Waals surface area contributed by atoms with Crippen LogP contribution in [0.25, 0.3) is 22.4 Å². The van der Waals surface area contributed by atoms with Gasteiger partial charge in [0.1, 0.15) is 22.4 Å². The topological polar surface area (TPSA) is 88.6 Å². The van der Waals surface area contributed by atoms with E-state index in [1.165, 1.54) is 26.4 Å². The Hall–Kier alpha value is -3.79. The average Bonchev–Trinajstić information content (AvgIpc) is 3.27. The van der Waals surface area contributed by atoms with Crippen molar-refractivity contribution in [2.45, 2.75) is 13.0 Å². The lowest BCUT2D eigenvalue weighted by Crippen LogP contribution is -2.23. The van der Waals surface area contributed by atoms with Gasteiger partial charge in [-0.25, -0.2) is 14.4 Å². The highest BCUT2D eigenvalue weighted by molar-refractivity contribution is 5.73. The molecule has 0 fully saturated rings. The molecule has 33 heavy (non-hydrogen) atoms. The summed E-state index contributed by atoms with van der Waals surface area (Å²) in [5, 5.41) is 4.21. The molecule has 0 aliphatic carbocycles. The Balaban J connectivity index is 1.93. The standard InChI is InChI=1S/C23H25FN6O3/c1-29-14-15(12-26-29)19-13-25-17-6-7-21(30(23(17)28-19)8-5-9-31-2)27-18-10-16(32-3)11-20(33-4)22(18)24/h6-7,10-14H,5,8-9H2,1-4H3. The molecule has 9 nitrogen and oxygen atoms in total. The van der Waals surface area contributed by atoms with Crippen LogP contribution in [0.4, 0.5) is 10.1 Å². The second kappa shape index (κ2) is 9.78. The van der Waals surface area contributed by atoms with E-state index in [1.54, 1.807) is 30.3 Å². The van der Waals surface area contributed by atoms with Crippen LogP contribution >= 0.6 is 0 Å². The lowest BCUT2D eigenvalue weighted by atomic mass is 10.2. The third-order valence-corrected chi connectivity index (χ3v) is 5.12. The third-order valence-electron chi connectivity index (χ3n) is 5.12. The maximum atomic E-state index is 15.0. The number of aromatic nitrogens is 5. The summed E-state index contributed by atoms with van der Waals surface area (Å²) in [5.41, 5.74) is 3.48. The fourth-order valence-corrected chi connectivity index (χ4v) is 3.46. The van der Waals surface area contributed by atoms with Crippen molar-refractivity contribution in [3.05, 3.63) is 54.2 Å². The molecular weight excluding hydrogens is 427 g/mol. The van der Waals surface area contributed by atoms with Crippen LogP contribution in [0.15, 0.2) is 47.8 Å². The summed E-state index contributed by atoms with van der Waals surface area (Å²) in [5.74, 6) is -0.0760. The van der Waals surface area contributed by atoms with Crippen LogP contribution in [-0.4, -0.2) is 52.3 Å². The van der Waals surface area contributed by atoms with Crippen LogP contribution in [-0.2, 0) is 18.3 Å². The van der Waals surface area contributed by atoms with E-state index in [-0.39, 0.29) is 11.4 Å². The number of aryl methyl sites for hydroxylation is 2. The number of ether oxygens (including phenoxy) is 3. The zero-order valence-electron chi connectivity index (χ0n) is 18.9. The van der Waals surface area contributed by atoms with Gasteiger partial charge in [-0.15, -0.1) is 0 Å². The summed E-state index contributed by atoms with van der Waals surface area (Å²) >= 11 is 0. The van der Waals surface area contributed by atoms with Crippen LogP contribution in [0.5, 0.6) is 11.5 Å². The number of rotatable bonds is 8. The van der Waals surface area contributed by atoms with Crippen LogP contribution < -0.4 is 15.0 Å². The first-order valence-corrected chi connectivity index (χ1v) is 10.3. The molecule has 0 amide bonds. The predicted octanol–water partition coefficient (Wildman–Crippen LogP) is 3.26. The number of halogens is 1. The van der Waals surface area contributed by atoms with Gasteiger partial charge < -0.3 is 18.8 Å². The Morgan fingerprint density at radius 3 is 2.64 bits per heavy atom. The molecule has 3 heterocycles. The molecule has 0 aliphatic rings. The van der Waals surface area contributed by atoms with Gasteiger partial charge in [0, 0.05) is 51.2 Å². The zero-order valence-corrected chi connectivity index (χ0v) is 18.9. The number of fused-ring (bicyclic) bond motifs is 1. The van der Waals surface area contributed by atoms with Gasteiger partial charge in [0.05, 0.1) is 32.3 Å². The maximum Gasteiger partial charge on any atom is 0.190 e. The van der Waals surface area contributed by atoms with E-state index in [2.05, 4.69) is 15.1 Å². The molecule has 0 spiro atoms. The van der Waals surface area contributed by atoms with Gasteiger partial charge in [0.15, 0.2) is 17.2 Å². The third kappa shape index (κ3) is 4.70. The van der Waals surface area contributed by atoms with Crippen molar-refractivity contribution >= 4 is 16.9 Å². The zero-order chi connectivity index (χ0) is 23.4. The molecule has 0 N–H and O–H groups in total. The molecule has 4 aromatic rings. The van der Waals surface area contributed by atoms with E-state index >= 15 is 0 Å². The molecule has 0 aliphatic heterocycles. The Labute approximate surface area is 190 Å². The van der Waals surface area contributed by atoms with Crippen LogP contribution in [0, 0.1) is 5.82 Å². The number of benzene rings is 1. The lowest BCUT2D eigenvalue weighted by Gasteiger charge is -2.12. The first-order chi connectivity index (χ1) is 16.0. The van der Waals surface area contributed by atoms with E-state index in [1.807, 2.05) is 23.9 Å². The van der Waals surface area contributed by atoms with E-state index in [0.29, 0.717) is 47.7 Å². The van der Waals surface area contributed by atoms with Crippen LogP contribution in [0.3, 0.4) is 0 Å². The van der Waals surface area contributed by atoms with Crippen molar-refractivity contribution in [2.75, 3.05) is 27.9 Å². The highest BCUT2D eigenvalue weighted by atomic mass is 19.1. The Bertz CT molecular complexity index is 1350. The number of hydrogen-bond donors (Lipinski definition) is 0. The molecule has 0 bridgehead atoms. The fraction of sp³-hybridized carbons (Fsp3) is 0.304. The van der Waals surface area contributed by atoms with Gasteiger partial charge in [-0.2, -0.15) is 5.10 Å². The van der Waals surface area contributed by atoms with Crippen LogP contribution in [0.2, 0.25) is 0 Å². The van der Waals surface area contributed by atoms with Crippen molar-refractivity contribution in [3.8, 4) is 22.8 Å². The molecule has 0 saturated carbocycles. The number of nitrogens with zero attached hydrogens (tertiary/aromatic N) is 6. The fourth-order valence-electron chi connectivity index (χ4n) is 3.46. The molecule has 172 valence electrons. The molecule has 10 heteroatoms. The smallest absolute Gasteiger partial charge is 0.190 e. The second-order valence-corrected chi connectivity index (χ2v) is 7.33. The summed E-state index contributed by atoms with van der Waals surface area (Å²) in [6, 6.07) is 6.61. The van der Waals surface area contributed by atoms with E-state index in [9.17, 15) is 4.39 Å². The minimum absolute atomic E-state index is 0.0541. The minimum Gasteiger partial charge on any atom is -0.497 e. The van der Waals surface area contributed by atoms with Crippen molar-refractivity contribution < 1.29 is 18.6 Å². The highest BCUT2D eigenvalue weighted by Crippen LogP contribution is 2.32. The molecule has 3 aromatic heterocycles. The van der Waals surface area contributed by atoms with Crippen molar-refractivity contribution in [3.63, 3.8) is 0 Å². The molecule has 0 unspecified atom stereocenters. The molecule has 0 atom stereocenters. The Morgan fingerprint density at radius 1 is 1.09 bits per heavy atom. The molecular formula is C23H25FN6O3. The monoisotopic (exact) mass is 452 g/mol. The average molecular weight is 452 g/mol. The van der Waals surface area contributed by atoms with Crippen LogP contribution in [0.1, 0.15) is 6.42 Å². The summed E-state index contributed by atoms with van der Waals surface area (Å²) < 4.78 is 34.2. The molecule has 4 rings (SSSR count). The van der Waals surface area contributed by atoms with Gasteiger partial charge in [-0.1, -0.05) is 0 Å². The largest absolute Gasteiger partial charge is 0.497 e. The summed E-state index contributed by atoms with van der Waals surface area (Å²) in [4.78, 5) is 14.0. The molecule has 0 saturated heterocycles. The number of pyridine rings is 1. The predicted molar refractivity (Wildman–Crippen MR) is 121 cm³/mol. The summed E-state index contributed by atoms with van der Waals surface area (Å²) in [6.45, 7) is 1.11. The SMILES string of the molecule is COCCCn1c(=Nc2cc(OC)cc(OC)c2F)ccc2ncc(-c3cnn(C)c3)nc21. The maximum absolute atomic E-state index is 15.0. The van der Waals surface area contributed by atoms with E-state index in [0.717, 1.165) is 5.56 Å². The van der Waals surface area contributed by atoms with Gasteiger partial charge in [-0.3, -0.25) is 9.67 Å². The Morgan fingerprint density at radius 2 is 1.94 bits per heavy atom. The quantitative estimate of drug-likeness (QED) is 0.381. The highest BCUT2D eigenvalue weighted by Gasteiger charge is 2.13. The van der Waals surface area contributed by atoms with Gasteiger partial charge in [0.2, 0.25) is 0 Å². The lowest BCUT2D eigenvalue weighted by molar-refractivity contribution is 0.190. The first kappa shape index (κ1) is 22.4. The second-order valence-electron chi connectivity index (χ2n) is 7.33. The van der Waals surface area contributed by atoms with Crippen molar-refractivity contribution in [1.29, 1.82) is 0 Å². The van der Waals surface area contributed by atoms with E-state index < -0.39 is 5.82 Å². The van der Waals surface area contributed by atoms with Gasteiger partial charge in [-0.05, 0) is 18.6 Å². The number of hydrogen-bond acceptors (Lipinski definition) is 7. The van der Waals surface area contributed by atoms with Gasteiger partial charge >= 0.3 is 0 Å². The number of methoxy groups -OCH3 is 3. The summed E-state index contributed by atoms with van der Waals surface area (Å²) in [7, 11) is 6.40. The van der Waals surface area contributed by atoms with Crippen molar-refractivity contribution in [2.24, 2.45) is 12.0 Å². The molecule has 0 radical (unpaired) electrons. The van der Waals surface area contributed by atoms with Gasteiger partial charge in [0.25, 0.3) is 0 Å². The van der Waals surface area contributed by atoms with E-state index in [4.69, 9.17) is 19.2 Å². The molecule has 1 aromatic carbocycles. The Kier molecular flexibility index (Phi) is 6.64. The summed E-state index contributed by atoms with van der Waals surface area (Å²) in [6.07, 6.45) is 6.03.